The summed E-state index contributed by atoms with van der Waals surface area (Å²) in [5, 5.41) is 18.7. The number of aromatic hydroxyl groups is 2. The number of halogens is 1. The van der Waals surface area contributed by atoms with Crippen molar-refractivity contribution in [1.82, 2.24) is 4.90 Å². The predicted molar refractivity (Wildman–Crippen MR) is 69.1 cm³/mol. The van der Waals surface area contributed by atoms with Crippen LogP contribution in [0.3, 0.4) is 0 Å². The lowest BCUT2D eigenvalue weighted by Gasteiger charge is -2.30. The Balaban J connectivity index is 2.21. The van der Waals surface area contributed by atoms with Crippen LogP contribution in [0.5, 0.6) is 11.5 Å². The van der Waals surface area contributed by atoms with Crippen molar-refractivity contribution >= 4 is 17.5 Å². The number of nitrogens with zero attached hydrogens (tertiary/aromatic N) is 1. The van der Waals surface area contributed by atoms with Crippen molar-refractivity contribution < 1.29 is 15.0 Å². The van der Waals surface area contributed by atoms with Gasteiger partial charge in [-0.15, -0.1) is 0 Å². The highest BCUT2D eigenvalue weighted by Gasteiger charge is 2.24. The van der Waals surface area contributed by atoms with Crippen LogP contribution < -0.4 is 0 Å². The summed E-state index contributed by atoms with van der Waals surface area (Å²) >= 11 is 5.88. The number of phenolic OH excluding ortho intramolecular Hbond substituents is 2. The molecular weight excluding hydrogens is 254 g/mol. The highest BCUT2D eigenvalue weighted by molar-refractivity contribution is 6.35. The van der Waals surface area contributed by atoms with Crippen LogP contribution in [0.2, 0.25) is 5.02 Å². The molecule has 0 radical (unpaired) electrons. The maximum absolute atomic E-state index is 12.2. The summed E-state index contributed by atoms with van der Waals surface area (Å²) in [5.74, 6) is -0.309. The van der Waals surface area contributed by atoms with Crippen LogP contribution in [-0.4, -0.2) is 34.1 Å². The molecule has 5 heteroatoms. The SMILES string of the molecule is CC1CCN(C(=O)c2ccc(O)c(O)c2Cl)CC1. The fourth-order valence-electron chi connectivity index (χ4n) is 2.10. The molecule has 4 nitrogen and oxygen atoms in total. The first-order valence-corrected chi connectivity index (χ1v) is 6.38. The Bertz CT molecular complexity index is 468. The van der Waals surface area contributed by atoms with E-state index in [4.69, 9.17) is 11.6 Å². The predicted octanol–water partition coefficient (Wildman–Crippen LogP) is 2.62. The lowest BCUT2D eigenvalue weighted by atomic mass is 9.98. The van der Waals surface area contributed by atoms with Gasteiger partial charge < -0.3 is 15.1 Å². The van der Waals surface area contributed by atoms with Crippen molar-refractivity contribution in [3.8, 4) is 11.5 Å². The Morgan fingerprint density at radius 2 is 1.94 bits per heavy atom. The highest BCUT2D eigenvalue weighted by Crippen LogP contribution is 2.36. The molecule has 1 heterocycles. The van der Waals surface area contributed by atoms with Crippen LogP contribution in [0, 0.1) is 5.92 Å². The Morgan fingerprint density at radius 1 is 1.33 bits per heavy atom. The smallest absolute Gasteiger partial charge is 0.255 e. The molecule has 98 valence electrons. The third-order valence-corrected chi connectivity index (χ3v) is 3.78. The van der Waals surface area contributed by atoms with E-state index in [0.717, 1.165) is 12.8 Å². The van der Waals surface area contributed by atoms with Crippen LogP contribution in [0.1, 0.15) is 30.1 Å². The van der Waals surface area contributed by atoms with E-state index in [9.17, 15) is 15.0 Å². The van der Waals surface area contributed by atoms with Crippen molar-refractivity contribution in [2.45, 2.75) is 19.8 Å². The molecule has 1 aromatic rings. The number of carbonyl (C=O) groups excluding carboxylic acids is 1. The van der Waals surface area contributed by atoms with Gasteiger partial charge in [-0.2, -0.15) is 0 Å². The fraction of sp³-hybridized carbons (Fsp3) is 0.462. The van der Waals surface area contributed by atoms with Crippen LogP contribution in [-0.2, 0) is 0 Å². The molecule has 2 rings (SSSR count). The van der Waals surface area contributed by atoms with Crippen LogP contribution in [0.25, 0.3) is 0 Å². The topological polar surface area (TPSA) is 60.8 Å². The zero-order valence-electron chi connectivity index (χ0n) is 10.2. The zero-order valence-corrected chi connectivity index (χ0v) is 10.9. The van der Waals surface area contributed by atoms with E-state index in [-0.39, 0.29) is 22.2 Å². The van der Waals surface area contributed by atoms with E-state index in [1.165, 1.54) is 12.1 Å². The number of carbonyl (C=O) groups is 1. The monoisotopic (exact) mass is 269 g/mol. The molecule has 1 aliphatic rings. The first kappa shape index (κ1) is 13.0. The minimum absolute atomic E-state index is 0.0846. The van der Waals surface area contributed by atoms with Gasteiger partial charge in [-0.3, -0.25) is 4.79 Å². The van der Waals surface area contributed by atoms with E-state index in [2.05, 4.69) is 6.92 Å². The molecule has 1 saturated heterocycles. The van der Waals surface area contributed by atoms with E-state index in [1.807, 2.05) is 0 Å². The average Bonchev–Trinajstić information content (AvgIpc) is 2.36. The lowest BCUT2D eigenvalue weighted by molar-refractivity contribution is 0.0697. The number of likely N-dealkylation sites (tertiary alicyclic amines) is 1. The normalized spacial score (nSPS) is 16.9. The second-order valence-corrected chi connectivity index (χ2v) is 5.15. The van der Waals surface area contributed by atoms with Gasteiger partial charge in [0.25, 0.3) is 5.91 Å². The van der Waals surface area contributed by atoms with Gasteiger partial charge >= 0.3 is 0 Å². The second kappa shape index (κ2) is 5.06. The van der Waals surface area contributed by atoms with E-state index in [1.54, 1.807) is 4.90 Å². The Morgan fingerprint density at radius 3 is 2.56 bits per heavy atom. The molecule has 0 unspecified atom stereocenters. The van der Waals surface area contributed by atoms with Crippen molar-refractivity contribution in [3.63, 3.8) is 0 Å². The number of phenols is 2. The number of hydrogen-bond acceptors (Lipinski definition) is 3. The van der Waals surface area contributed by atoms with Gasteiger partial charge in [-0.25, -0.2) is 0 Å². The summed E-state index contributed by atoms with van der Waals surface area (Å²) in [6.07, 6.45) is 1.96. The number of piperidine rings is 1. The largest absolute Gasteiger partial charge is 0.504 e. The van der Waals surface area contributed by atoms with Gasteiger partial charge in [0.1, 0.15) is 0 Å². The lowest BCUT2D eigenvalue weighted by Crippen LogP contribution is -2.38. The van der Waals surface area contributed by atoms with Crippen molar-refractivity contribution in [3.05, 3.63) is 22.7 Å². The van der Waals surface area contributed by atoms with Crippen LogP contribution in [0.15, 0.2) is 12.1 Å². The summed E-state index contributed by atoms with van der Waals surface area (Å²) in [5.41, 5.74) is 0.238. The Kier molecular flexibility index (Phi) is 3.66. The number of hydrogen-bond donors (Lipinski definition) is 2. The highest BCUT2D eigenvalue weighted by atomic mass is 35.5. The van der Waals surface area contributed by atoms with Crippen LogP contribution in [0.4, 0.5) is 0 Å². The molecule has 1 aromatic carbocycles. The minimum atomic E-state index is -0.437. The summed E-state index contributed by atoms with van der Waals surface area (Å²) in [7, 11) is 0. The van der Waals surface area contributed by atoms with Gasteiger partial charge in [-0.05, 0) is 30.9 Å². The molecule has 1 fully saturated rings. The standard InChI is InChI=1S/C13H16ClNO3/c1-8-4-6-15(7-5-8)13(18)9-2-3-10(16)12(17)11(9)14/h2-3,8,16-17H,4-7H2,1H3. The summed E-state index contributed by atoms with van der Waals surface area (Å²) < 4.78 is 0. The third-order valence-electron chi connectivity index (χ3n) is 3.40. The Hall–Kier alpha value is -1.42. The summed E-state index contributed by atoms with van der Waals surface area (Å²) in [6.45, 7) is 3.58. The summed E-state index contributed by atoms with van der Waals surface area (Å²) in [6, 6.07) is 2.72. The summed E-state index contributed by atoms with van der Waals surface area (Å²) in [4.78, 5) is 14.0. The maximum Gasteiger partial charge on any atom is 0.255 e. The van der Waals surface area contributed by atoms with Crippen LogP contribution >= 0.6 is 11.6 Å². The average molecular weight is 270 g/mol. The second-order valence-electron chi connectivity index (χ2n) is 4.77. The maximum atomic E-state index is 12.2. The van der Waals surface area contributed by atoms with E-state index < -0.39 is 5.75 Å². The third kappa shape index (κ3) is 2.38. The van der Waals surface area contributed by atoms with E-state index >= 15 is 0 Å². The number of benzene rings is 1. The van der Waals surface area contributed by atoms with Gasteiger partial charge in [0, 0.05) is 13.1 Å². The Labute approximate surface area is 111 Å². The van der Waals surface area contributed by atoms with Gasteiger partial charge in [0.05, 0.1) is 10.6 Å². The quantitative estimate of drug-likeness (QED) is 0.771. The molecular formula is C13H16ClNO3. The molecule has 1 aliphatic heterocycles. The molecule has 0 atom stereocenters. The molecule has 0 aromatic heterocycles. The van der Waals surface area contributed by atoms with Crippen molar-refractivity contribution in [2.24, 2.45) is 5.92 Å². The molecule has 18 heavy (non-hydrogen) atoms. The molecule has 0 aliphatic carbocycles. The molecule has 0 spiro atoms. The molecule has 2 N–H and O–H groups in total. The van der Waals surface area contributed by atoms with Gasteiger partial charge in [0.15, 0.2) is 11.5 Å². The molecule has 1 amide bonds. The first-order chi connectivity index (χ1) is 8.50. The van der Waals surface area contributed by atoms with E-state index in [0.29, 0.717) is 19.0 Å². The fourth-order valence-corrected chi connectivity index (χ4v) is 2.34. The number of rotatable bonds is 1. The first-order valence-electron chi connectivity index (χ1n) is 6.00. The molecule has 0 bridgehead atoms. The van der Waals surface area contributed by atoms with Crippen molar-refractivity contribution in [2.75, 3.05) is 13.1 Å². The number of amides is 1. The molecule has 0 saturated carbocycles. The van der Waals surface area contributed by atoms with Gasteiger partial charge in [-0.1, -0.05) is 18.5 Å². The van der Waals surface area contributed by atoms with Crippen molar-refractivity contribution in [1.29, 1.82) is 0 Å². The zero-order chi connectivity index (χ0) is 13.3. The van der Waals surface area contributed by atoms with Gasteiger partial charge in [0.2, 0.25) is 0 Å². The minimum Gasteiger partial charge on any atom is -0.504 e.